The van der Waals surface area contributed by atoms with Gasteiger partial charge >= 0.3 is 0 Å². The molecule has 0 atom stereocenters. The first-order valence-electron chi connectivity index (χ1n) is 5.42. The lowest BCUT2D eigenvalue weighted by Crippen LogP contribution is -2.63. The van der Waals surface area contributed by atoms with E-state index in [2.05, 4.69) is 27.3 Å². The summed E-state index contributed by atoms with van der Waals surface area (Å²) in [5.74, 6) is 0. The van der Waals surface area contributed by atoms with Gasteiger partial charge in [-0.2, -0.15) is 0 Å². The molecule has 1 aliphatic heterocycles. The van der Waals surface area contributed by atoms with Crippen molar-refractivity contribution in [2.75, 3.05) is 53.4 Å². The summed E-state index contributed by atoms with van der Waals surface area (Å²) in [4.78, 5) is 0. The van der Waals surface area contributed by atoms with E-state index in [-0.39, 0.29) is 0 Å². The lowest BCUT2D eigenvalue weighted by molar-refractivity contribution is -1.01. The number of quaternary nitrogens is 2. The van der Waals surface area contributed by atoms with Crippen LogP contribution >= 0.6 is 0 Å². The molecular formula is C12H24N2+2. The molecule has 14 heavy (non-hydrogen) atoms. The van der Waals surface area contributed by atoms with Crippen LogP contribution in [0.5, 0.6) is 0 Å². The van der Waals surface area contributed by atoms with Crippen molar-refractivity contribution in [3.05, 3.63) is 25.3 Å². The van der Waals surface area contributed by atoms with Crippen LogP contribution in [0.2, 0.25) is 0 Å². The van der Waals surface area contributed by atoms with Crippen molar-refractivity contribution in [1.82, 2.24) is 0 Å². The van der Waals surface area contributed by atoms with E-state index >= 15 is 0 Å². The molecule has 80 valence electrons. The van der Waals surface area contributed by atoms with Gasteiger partial charge in [-0.3, -0.25) is 0 Å². The zero-order chi connectivity index (χ0) is 10.7. The fourth-order valence-electron chi connectivity index (χ4n) is 2.18. The average Bonchev–Trinajstić information content (AvgIpc) is 2.13. The second kappa shape index (κ2) is 4.28. The lowest BCUT2D eigenvalue weighted by Gasteiger charge is -2.45. The van der Waals surface area contributed by atoms with Crippen molar-refractivity contribution in [3.8, 4) is 0 Å². The summed E-state index contributed by atoms with van der Waals surface area (Å²) in [6.07, 6.45) is 4.09. The predicted octanol–water partition coefficient (Wildman–Crippen LogP) is 1.27. The SMILES string of the molecule is C=CC[N+]1(C)CC[N+](C)(CC=C)CC1. The summed E-state index contributed by atoms with van der Waals surface area (Å²) in [6, 6.07) is 0. The summed E-state index contributed by atoms with van der Waals surface area (Å²) in [5, 5.41) is 0. The minimum absolute atomic E-state index is 1.11. The number of piperazine rings is 1. The van der Waals surface area contributed by atoms with E-state index in [0.29, 0.717) is 0 Å². The Kier molecular flexibility index (Phi) is 3.51. The molecule has 0 bridgehead atoms. The first-order chi connectivity index (χ1) is 6.54. The Hall–Kier alpha value is -0.600. The second-order valence-corrected chi connectivity index (χ2v) is 5.08. The molecule has 0 spiro atoms. The minimum atomic E-state index is 1.11. The van der Waals surface area contributed by atoms with E-state index in [0.717, 1.165) is 22.1 Å². The van der Waals surface area contributed by atoms with E-state index < -0.39 is 0 Å². The molecule has 0 N–H and O–H groups in total. The van der Waals surface area contributed by atoms with Gasteiger partial charge in [0.05, 0.1) is 27.2 Å². The molecule has 1 fully saturated rings. The summed E-state index contributed by atoms with van der Waals surface area (Å²) in [6.45, 7) is 14.9. The van der Waals surface area contributed by atoms with Crippen molar-refractivity contribution >= 4 is 0 Å². The Morgan fingerprint density at radius 3 is 1.36 bits per heavy atom. The van der Waals surface area contributed by atoms with Crippen LogP contribution in [-0.2, 0) is 0 Å². The van der Waals surface area contributed by atoms with Gasteiger partial charge in [0.1, 0.15) is 26.2 Å². The maximum absolute atomic E-state index is 3.84. The molecule has 0 radical (unpaired) electrons. The Morgan fingerprint density at radius 2 is 1.14 bits per heavy atom. The van der Waals surface area contributed by atoms with Crippen LogP contribution in [0.15, 0.2) is 25.3 Å². The van der Waals surface area contributed by atoms with Gasteiger partial charge in [-0.05, 0) is 12.2 Å². The highest BCUT2D eigenvalue weighted by molar-refractivity contribution is 4.69. The third kappa shape index (κ3) is 2.69. The summed E-state index contributed by atoms with van der Waals surface area (Å²) in [7, 11) is 4.66. The second-order valence-electron chi connectivity index (χ2n) is 5.08. The van der Waals surface area contributed by atoms with E-state index in [1.807, 2.05) is 12.2 Å². The van der Waals surface area contributed by atoms with Gasteiger partial charge in [0, 0.05) is 0 Å². The van der Waals surface area contributed by atoms with Crippen molar-refractivity contribution in [2.45, 2.75) is 0 Å². The molecule has 1 rings (SSSR count). The molecule has 2 nitrogen and oxygen atoms in total. The van der Waals surface area contributed by atoms with Crippen molar-refractivity contribution in [2.24, 2.45) is 0 Å². The maximum atomic E-state index is 3.84. The Morgan fingerprint density at radius 1 is 0.857 bits per heavy atom. The van der Waals surface area contributed by atoms with Crippen molar-refractivity contribution in [1.29, 1.82) is 0 Å². The van der Waals surface area contributed by atoms with Crippen LogP contribution in [0.3, 0.4) is 0 Å². The van der Waals surface area contributed by atoms with E-state index in [4.69, 9.17) is 0 Å². The molecule has 1 saturated heterocycles. The number of hydrogen-bond acceptors (Lipinski definition) is 0. The third-order valence-electron chi connectivity index (χ3n) is 3.50. The highest BCUT2D eigenvalue weighted by Crippen LogP contribution is 2.15. The van der Waals surface area contributed by atoms with Gasteiger partial charge in [0.25, 0.3) is 0 Å². The zero-order valence-electron chi connectivity index (χ0n) is 9.71. The Balaban J connectivity index is 2.51. The number of rotatable bonds is 4. The van der Waals surface area contributed by atoms with Crippen molar-refractivity contribution < 1.29 is 8.97 Å². The highest BCUT2D eigenvalue weighted by Gasteiger charge is 2.35. The number of nitrogens with zero attached hydrogens (tertiary/aromatic N) is 2. The Labute approximate surface area is 88.3 Å². The number of likely N-dealkylation sites (N-methyl/N-ethyl adjacent to an activating group) is 2. The largest absolute Gasteiger partial charge is 0.313 e. The normalized spacial score (nSPS) is 37.9. The molecule has 0 amide bonds. The highest BCUT2D eigenvalue weighted by atomic mass is 15.4. The summed E-state index contributed by atoms with van der Waals surface area (Å²) in [5.41, 5.74) is 0. The van der Waals surface area contributed by atoms with Crippen LogP contribution in [0, 0.1) is 0 Å². The van der Waals surface area contributed by atoms with Crippen molar-refractivity contribution in [3.63, 3.8) is 0 Å². The molecule has 0 aromatic carbocycles. The van der Waals surface area contributed by atoms with Gasteiger partial charge in [-0.1, -0.05) is 13.2 Å². The zero-order valence-corrected chi connectivity index (χ0v) is 9.71. The third-order valence-corrected chi connectivity index (χ3v) is 3.50. The molecule has 0 aromatic rings. The lowest BCUT2D eigenvalue weighted by atomic mass is 10.2. The maximum Gasteiger partial charge on any atom is 0.129 e. The van der Waals surface area contributed by atoms with Gasteiger partial charge < -0.3 is 8.97 Å². The van der Waals surface area contributed by atoms with Crippen LogP contribution in [0.1, 0.15) is 0 Å². The van der Waals surface area contributed by atoms with Crippen LogP contribution in [0.4, 0.5) is 0 Å². The fourth-order valence-corrected chi connectivity index (χ4v) is 2.18. The number of hydrogen-bond donors (Lipinski definition) is 0. The molecular weight excluding hydrogens is 172 g/mol. The van der Waals surface area contributed by atoms with Crippen LogP contribution in [0.25, 0.3) is 0 Å². The van der Waals surface area contributed by atoms with Gasteiger partial charge in [0.2, 0.25) is 0 Å². The molecule has 0 saturated carbocycles. The molecule has 0 aliphatic carbocycles. The first-order valence-corrected chi connectivity index (χ1v) is 5.42. The fraction of sp³-hybridized carbons (Fsp3) is 0.667. The molecule has 1 aliphatic rings. The average molecular weight is 196 g/mol. The topological polar surface area (TPSA) is 0 Å². The van der Waals surface area contributed by atoms with Crippen LogP contribution < -0.4 is 0 Å². The smallest absolute Gasteiger partial charge is 0.129 e. The van der Waals surface area contributed by atoms with Gasteiger partial charge in [0.15, 0.2) is 0 Å². The standard InChI is InChI=1S/C12H24N2/c1-5-7-13(3)9-11-14(4,8-6-2)12-10-13/h5-6H,1-2,7-12H2,3-4H3/q+2. The van der Waals surface area contributed by atoms with Gasteiger partial charge in [-0.25, -0.2) is 0 Å². The molecule has 0 unspecified atom stereocenters. The summed E-state index contributed by atoms with van der Waals surface area (Å²) >= 11 is 0. The Bertz CT molecular complexity index is 188. The summed E-state index contributed by atoms with van der Waals surface area (Å²) < 4.78 is 2.32. The monoisotopic (exact) mass is 196 g/mol. The van der Waals surface area contributed by atoms with Crippen LogP contribution in [-0.4, -0.2) is 62.3 Å². The molecule has 1 heterocycles. The molecule has 0 aromatic heterocycles. The molecule has 2 heteroatoms. The van der Waals surface area contributed by atoms with E-state index in [1.54, 1.807) is 0 Å². The van der Waals surface area contributed by atoms with E-state index in [9.17, 15) is 0 Å². The quantitative estimate of drug-likeness (QED) is 0.469. The predicted molar refractivity (Wildman–Crippen MR) is 62.0 cm³/mol. The first kappa shape index (κ1) is 11.5. The van der Waals surface area contributed by atoms with Gasteiger partial charge in [-0.15, -0.1) is 0 Å². The van der Waals surface area contributed by atoms with E-state index in [1.165, 1.54) is 26.2 Å². The minimum Gasteiger partial charge on any atom is -0.313 e.